The molecule has 5 nitrogen and oxygen atoms in total. The number of benzene rings is 1. The molecule has 0 radical (unpaired) electrons. The second kappa shape index (κ2) is 5.50. The van der Waals surface area contributed by atoms with E-state index in [-0.39, 0.29) is 22.8 Å². The number of carbonyl (C=O) groups is 1. The Labute approximate surface area is 141 Å². The van der Waals surface area contributed by atoms with E-state index in [9.17, 15) is 15.0 Å². The molecule has 4 fully saturated rings. The molecule has 0 aliphatic heterocycles. The Hall–Kier alpha value is -2.04. The molecule has 0 spiro atoms. The fourth-order valence-corrected chi connectivity index (χ4v) is 5.52. The SMILES string of the molecule is C/C(=N/NC(=O)C12CC3CC(CC(C3)C1)C2)c1cc(O)ccc1O. The normalized spacial score (nSPS) is 34.4. The highest BCUT2D eigenvalue weighted by molar-refractivity contribution is 6.02. The lowest BCUT2D eigenvalue weighted by Crippen LogP contribution is -2.52. The summed E-state index contributed by atoms with van der Waals surface area (Å²) in [7, 11) is 0. The standard InChI is InChI=1S/C19H24N2O3/c1-11(16-7-15(22)2-3-17(16)23)20-21-18(24)19-8-12-4-13(9-19)6-14(5-12)10-19/h2-3,7,12-14,22-23H,4-6,8-10H2,1H3,(H,21,24)/b20-11-. The third kappa shape index (κ3) is 2.56. The first-order valence-electron chi connectivity index (χ1n) is 8.82. The van der Waals surface area contributed by atoms with Crippen molar-refractivity contribution in [3.05, 3.63) is 23.8 Å². The van der Waals surface area contributed by atoms with Crippen LogP contribution in [0.2, 0.25) is 0 Å². The van der Waals surface area contributed by atoms with Crippen LogP contribution in [0.5, 0.6) is 11.5 Å². The fraction of sp³-hybridized carbons (Fsp3) is 0.579. The number of hydrogen-bond acceptors (Lipinski definition) is 4. The molecular formula is C19H24N2O3. The molecule has 0 aromatic heterocycles. The van der Waals surface area contributed by atoms with Crippen molar-refractivity contribution in [2.75, 3.05) is 0 Å². The van der Waals surface area contributed by atoms with Crippen LogP contribution in [-0.2, 0) is 4.79 Å². The zero-order valence-corrected chi connectivity index (χ0v) is 14.0. The first kappa shape index (κ1) is 15.5. The topological polar surface area (TPSA) is 81.9 Å². The number of rotatable bonds is 3. The van der Waals surface area contributed by atoms with E-state index in [4.69, 9.17) is 0 Å². The Morgan fingerprint density at radius 2 is 1.71 bits per heavy atom. The molecule has 3 N–H and O–H groups in total. The Morgan fingerprint density at radius 3 is 2.29 bits per heavy atom. The number of hydrazone groups is 1. The summed E-state index contributed by atoms with van der Waals surface area (Å²) in [6, 6.07) is 4.29. The van der Waals surface area contributed by atoms with Gasteiger partial charge in [0.05, 0.1) is 11.1 Å². The third-order valence-corrected chi connectivity index (χ3v) is 6.21. The van der Waals surface area contributed by atoms with E-state index in [0.717, 1.165) is 19.3 Å². The first-order valence-corrected chi connectivity index (χ1v) is 8.82. The van der Waals surface area contributed by atoms with Crippen molar-refractivity contribution in [3.8, 4) is 11.5 Å². The molecule has 4 bridgehead atoms. The second-order valence-electron chi connectivity index (χ2n) is 8.04. The molecule has 4 aliphatic carbocycles. The summed E-state index contributed by atoms with van der Waals surface area (Å²) < 4.78 is 0. The van der Waals surface area contributed by atoms with Gasteiger partial charge < -0.3 is 10.2 Å². The molecule has 0 unspecified atom stereocenters. The Morgan fingerprint density at radius 1 is 1.12 bits per heavy atom. The van der Waals surface area contributed by atoms with Gasteiger partial charge in [-0.15, -0.1) is 0 Å². The van der Waals surface area contributed by atoms with Crippen LogP contribution < -0.4 is 5.43 Å². The predicted molar refractivity (Wildman–Crippen MR) is 90.7 cm³/mol. The highest BCUT2D eigenvalue weighted by atomic mass is 16.3. The number of phenolic OH excluding ortho intramolecular Hbond substituents is 2. The maximum Gasteiger partial charge on any atom is 0.246 e. The first-order chi connectivity index (χ1) is 11.4. The van der Waals surface area contributed by atoms with Gasteiger partial charge in [0.1, 0.15) is 11.5 Å². The van der Waals surface area contributed by atoms with Crippen LogP contribution in [0.3, 0.4) is 0 Å². The van der Waals surface area contributed by atoms with Crippen molar-refractivity contribution >= 4 is 11.6 Å². The molecule has 128 valence electrons. The zero-order chi connectivity index (χ0) is 16.9. The molecule has 0 heterocycles. The van der Waals surface area contributed by atoms with E-state index in [0.29, 0.717) is 29.0 Å². The molecule has 5 heteroatoms. The molecule has 0 atom stereocenters. The molecule has 1 aromatic rings. The number of carbonyl (C=O) groups excluding carboxylic acids is 1. The summed E-state index contributed by atoms with van der Waals surface area (Å²) in [5, 5.41) is 23.7. The summed E-state index contributed by atoms with van der Waals surface area (Å²) in [6.45, 7) is 1.72. The summed E-state index contributed by atoms with van der Waals surface area (Å²) in [5.74, 6) is 2.26. The van der Waals surface area contributed by atoms with Gasteiger partial charge >= 0.3 is 0 Å². The predicted octanol–water partition coefficient (Wildman–Crippen LogP) is 3.15. The average Bonchev–Trinajstić information content (AvgIpc) is 2.53. The van der Waals surface area contributed by atoms with Gasteiger partial charge in [-0.1, -0.05) is 0 Å². The Balaban J connectivity index is 1.51. The minimum Gasteiger partial charge on any atom is -0.508 e. The van der Waals surface area contributed by atoms with Gasteiger partial charge in [0, 0.05) is 5.56 Å². The largest absolute Gasteiger partial charge is 0.508 e. The van der Waals surface area contributed by atoms with Gasteiger partial charge in [0.15, 0.2) is 0 Å². The average molecular weight is 328 g/mol. The van der Waals surface area contributed by atoms with Crippen molar-refractivity contribution in [2.45, 2.75) is 45.4 Å². The third-order valence-electron chi connectivity index (χ3n) is 6.21. The van der Waals surface area contributed by atoms with Crippen LogP contribution in [0.25, 0.3) is 0 Å². The van der Waals surface area contributed by atoms with E-state index < -0.39 is 0 Å². The van der Waals surface area contributed by atoms with Crippen molar-refractivity contribution in [1.82, 2.24) is 5.43 Å². The van der Waals surface area contributed by atoms with Crippen LogP contribution in [-0.4, -0.2) is 21.8 Å². The molecule has 4 saturated carbocycles. The van der Waals surface area contributed by atoms with Gasteiger partial charge in [0.2, 0.25) is 5.91 Å². The van der Waals surface area contributed by atoms with Gasteiger partial charge in [-0.05, 0) is 81.4 Å². The smallest absolute Gasteiger partial charge is 0.246 e. The van der Waals surface area contributed by atoms with Crippen LogP contribution in [0, 0.1) is 23.2 Å². The van der Waals surface area contributed by atoms with E-state index in [1.807, 2.05) is 0 Å². The van der Waals surface area contributed by atoms with Crippen LogP contribution in [0.15, 0.2) is 23.3 Å². The Bertz CT molecular complexity index is 675. The lowest BCUT2D eigenvalue weighted by molar-refractivity contribution is -0.146. The second-order valence-corrected chi connectivity index (χ2v) is 8.04. The summed E-state index contributed by atoms with van der Waals surface area (Å²) >= 11 is 0. The molecule has 1 amide bonds. The number of nitrogens with zero attached hydrogens (tertiary/aromatic N) is 1. The van der Waals surface area contributed by atoms with Crippen molar-refractivity contribution in [1.29, 1.82) is 0 Å². The molecule has 0 saturated heterocycles. The minimum absolute atomic E-state index is 0.0283. The minimum atomic E-state index is -0.237. The fourth-order valence-electron chi connectivity index (χ4n) is 5.52. The monoisotopic (exact) mass is 328 g/mol. The lowest BCUT2D eigenvalue weighted by atomic mass is 9.49. The van der Waals surface area contributed by atoms with Gasteiger partial charge in [-0.25, -0.2) is 5.43 Å². The molecular weight excluding hydrogens is 304 g/mol. The zero-order valence-electron chi connectivity index (χ0n) is 14.0. The summed E-state index contributed by atoms with van der Waals surface area (Å²) in [6.07, 6.45) is 6.88. The maximum absolute atomic E-state index is 12.9. The highest BCUT2D eigenvalue weighted by Crippen LogP contribution is 2.60. The van der Waals surface area contributed by atoms with Crippen LogP contribution in [0.4, 0.5) is 0 Å². The number of amides is 1. The van der Waals surface area contributed by atoms with E-state index in [2.05, 4.69) is 10.5 Å². The number of aromatic hydroxyl groups is 2. The molecule has 4 aliphatic rings. The highest BCUT2D eigenvalue weighted by Gasteiger charge is 2.54. The summed E-state index contributed by atoms with van der Waals surface area (Å²) in [4.78, 5) is 12.9. The van der Waals surface area contributed by atoms with Gasteiger partial charge in [0.25, 0.3) is 0 Å². The van der Waals surface area contributed by atoms with Gasteiger partial charge in [-0.3, -0.25) is 4.79 Å². The van der Waals surface area contributed by atoms with E-state index in [1.54, 1.807) is 6.92 Å². The molecule has 1 aromatic carbocycles. The van der Waals surface area contributed by atoms with Crippen molar-refractivity contribution in [2.24, 2.45) is 28.3 Å². The number of hydrogen-bond donors (Lipinski definition) is 3. The molecule has 24 heavy (non-hydrogen) atoms. The van der Waals surface area contributed by atoms with Crippen LogP contribution >= 0.6 is 0 Å². The van der Waals surface area contributed by atoms with Crippen LogP contribution in [0.1, 0.15) is 51.0 Å². The lowest BCUT2D eigenvalue weighted by Gasteiger charge is -2.55. The van der Waals surface area contributed by atoms with E-state index in [1.165, 1.54) is 37.5 Å². The van der Waals surface area contributed by atoms with Gasteiger partial charge in [-0.2, -0.15) is 5.10 Å². The van der Waals surface area contributed by atoms with Crippen molar-refractivity contribution in [3.63, 3.8) is 0 Å². The van der Waals surface area contributed by atoms with Crippen molar-refractivity contribution < 1.29 is 15.0 Å². The summed E-state index contributed by atoms with van der Waals surface area (Å²) in [5.41, 5.74) is 3.42. The molecule has 5 rings (SSSR count). The van der Waals surface area contributed by atoms with E-state index >= 15 is 0 Å². The Kier molecular flexibility index (Phi) is 3.55. The quantitative estimate of drug-likeness (QED) is 0.453. The number of nitrogens with one attached hydrogen (secondary N) is 1. The maximum atomic E-state index is 12.9. The number of phenols is 2.